The van der Waals surface area contributed by atoms with Gasteiger partial charge in [-0.2, -0.15) is 10.1 Å². The molecule has 0 saturated carbocycles. The number of carbonyl (C=O) groups excluding carboxylic acids is 1. The summed E-state index contributed by atoms with van der Waals surface area (Å²) in [6.07, 6.45) is 3.29. The normalized spacial score (nSPS) is 18.1. The molecule has 1 aliphatic heterocycles. The molecule has 1 fully saturated rings. The van der Waals surface area contributed by atoms with Crippen molar-refractivity contribution in [2.24, 2.45) is 0 Å². The van der Waals surface area contributed by atoms with E-state index in [1.807, 2.05) is 13.8 Å². The van der Waals surface area contributed by atoms with E-state index in [4.69, 9.17) is 0 Å². The van der Waals surface area contributed by atoms with Crippen molar-refractivity contribution in [3.63, 3.8) is 0 Å². The number of pyridine rings is 1. The van der Waals surface area contributed by atoms with E-state index < -0.39 is 6.43 Å². The van der Waals surface area contributed by atoms with Crippen LogP contribution in [-0.2, 0) is 0 Å². The molecule has 0 bridgehead atoms. The molecule has 0 aromatic carbocycles. The highest BCUT2D eigenvalue weighted by Gasteiger charge is 2.32. The number of aryl methyl sites for hydroxylation is 2. The number of likely N-dealkylation sites (tertiary alicyclic amines) is 1. The SMILES string of the molecule is CCC/C=C1/CCN(C(=O)c2cc(C)nc(C)c2)C[C@H]1c1cc(C(F)F)nc2ncnn12. The summed E-state index contributed by atoms with van der Waals surface area (Å²) in [4.78, 5) is 27.4. The van der Waals surface area contributed by atoms with Gasteiger partial charge in [0.25, 0.3) is 18.1 Å². The Morgan fingerprint density at radius 1 is 1.22 bits per heavy atom. The number of fused-ring (bicyclic) bond motifs is 1. The minimum absolute atomic E-state index is 0.0869. The van der Waals surface area contributed by atoms with Crippen LogP contribution in [0.1, 0.15) is 71.7 Å². The van der Waals surface area contributed by atoms with Crippen LogP contribution in [0.2, 0.25) is 0 Å². The molecule has 1 aliphatic rings. The van der Waals surface area contributed by atoms with E-state index in [0.717, 1.165) is 29.8 Å². The van der Waals surface area contributed by atoms with Gasteiger partial charge in [0.1, 0.15) is 12.0 Å². The Morgan fingerprint density at radius 3 is 2.66 bits per heavy atom. The summed E-state index contributed by atoms with van der Waals surface area (Å²) >= 11 is 0. The number of aromatic nitrogens is 5. The van der Waals surface area contributed by atoms with Crippen molar-refractivity contribution in [3.8, 4) is 0 Å². The summed E-state index contributed by atoms with van der Waals surface area (Å²) < 4.78 is 28.6. The molecule has 0 aliphatic carbocycles. The molecule has 168 valence electrons. The van der Waals surface area contributed by atoms with E-state index >= 15 is 0 Å². The minimum Gasteiger partial charge on any atom is -0.337 e. The summed E-state index contributed by atoms with van der Waals surface area (Å²) in [5.41, 5.74) is 3.52. The molecule has 0 spiro atoms. The lowest BCUT2D eigenvalue weighted by Gasteiger charge is -2.35. The molecular weight excluding hydrogens is 414 g/mol. The summed E-state index contributed by atoms with van der Waals surface area (Å²) in [5, 5.41) is 4.22. The van der Waals surface area contributed by atoms with Crippen molar-refractivity contribution in [2.45, 2.75) is 52.4 Å². The second-order valence-electron chi connectivity index (χ2n) is 8.14. The maximum absolute atomic E-state index is 13.5. The fraction of sp³-hybridized carbons (Fsp3) is 0.435. The molecule has 3 aromatic heterocycles. The van der Waals surface area contributed by atoms with E-state index in [-0.39, 0.29) is 23.3 Å². The lowest BCUT2D eigenvalue weighted by atomic mass is 9.87. The number of alkyl halides is 2. The Labute approximate surface area is 185 Å². The molecule has 4 rings (SSSR count). The molecule has 9 heteroatoms. The highest BCUT2D eigenvalue weighted by molar-refractivity contribution is 5.94. The fourth-order valence-corrected chi connectivity index (χ4v) is 4.26. The number of piperidine rings is 1. The van der Waals surface area contributed by atoms with Gasteiger partial charge < -0.3 is 4.90 Å². The summed E-state index contributed by atoms with van der Waals surface area (Å²) in [6.45, 7) is 6.75. The van der Waals surface area contributed by atoms with Crippen molar-refractivity contribution in [1.82, 2.24) is 29.5 Å². The second kappa shape index (κ2) is 9.10. The van der Waals surface area contributed by atoms with Crippen LogP contribution in [-0.4, -0.2) is 48.5 Å². The van der Waals surface area contributed by atoms with Gasteiger partial charge in [0.15, 0.2) is 0 Å². The molecule has 0 N–H and O–H groups in total. The van der Waals surface area contributed by atoms with Crippen LogP contribution in [0.3, 0.4) is 0 Å². The Morgan fingerprint density at radius 2 is 1.97 bits per heavy atom. The van der Waals surface area contributed by atoms with Gasteiger partial charge in [-0.1, -0.05) is 25.0 Å². The number of allylic oxidation sites excluding steroid dienone is 1. The number of amides is 1. The van der Waals surface area contributed by atoms with Crippen molar-refractivity contribution in [2.75, 3.05) is 13.1 Å². The number of rotatable bonds is 5. The van der Waals surface area contributed by atoms with Crippen molar-refractivity contribution in [1.29, 1.82) is 0 Å². The van der Waals surface area contributed by atoms with E-state index in [1.165, 1.54) is 16.9 Å². The van der Waals surface area contributed by atoms with Crippen LogP contribution in [0, 0.1) is 13.8 Å². The number of unbranched alkanes of at least 4 members (excludes halogenated alkanes) is 1. The zero-order valence-corrected chi connectivity index (χ0v) is 18.4. The lowest BCUT2D eigenvalue weighted by Crippen LogP contribution is -2.40. The maximum Gasteiger partial charge on any atom is 0.280 e. The zero-order chi connectivity index (χ0) is 22.8. The van der Waals surface area contributed by atoms with Gasteiger partial charge in [-0.15, -0.1) is 0 Å². The average molecular weight is 440 g/mol. The van der Waals surface area contributed by atoms with Crippen LogP contribution >= 0.6 is 0 Å². The summed E-state index contributed by atoms with van der Waals surface area (Å²) in [5.74, 6) is -0.222. The molecule has 3 aromatic rings. The van der Waals surface area contributed by atoms with E-state index in [1.54, 1.807) is 17.0 Å². The molecular formula is C23H26F2N6O. The van der Waals surface area contributed by atoms with Crippen LogP contribution < -0.4 is 0 Å². The third-order valence-corrected chi connectivity index (χ3v) is 5.71. The molecule has 0 unspecified atom stereocenters. The van der Waals surface area contributed by atoms with Gasteiger partial charge in [-0.05, 0) is 44.9 Å². The largest absolute Gasteiger partial charge is 0.337 e. The van der Waals surface area contributed by atoms with Crippen LogP contribution in [0.5, 0.6) is 0 Å². The Kier molecular flexibility index (Phi) is 6.25. The molecule has 0 radical (unpaired) electrons. The monoisotopic (exact) mass is 440 g/mol. The van der Waals surface area contributed by atoms with Crippen LogP contribution in [0.4, 0.5) is 8.78 Å². The molecule has 1 saturated heterocycles. The Hall–Kier alpha value is -3.23. The highest BCUT2D eigenvalue weighted by Crippen LogP contribution is 2.34. The van der Waals surface area contributed by atoms with Crippen molar-refractivity contribution < 1.29 is 13.6 Å². The fourth-order valence-electron chi connectivity index (χ4n) is 4.26. The number of hydrogen-bond donors (Lipinski definition) is 0. The average Bonchev–Trinajstić information content (AvgIpc) is 3.24. The first-order valence-corrected chi connectivity index (χ1v) is 10.8. The van der Waals surface area contributed by atoms with Crippen molar-refractivity contribution >= 4 is 11.7 Å². The molecule has 1 amide bonds. The van der Waals surface area contributed by atoms with Gasteiger partial charge in [0.05, 0.1) is 5.69 Å². The summed E-state index contributed by atoms with van der Waals surface area (Å²) in [7, 11) is 0. The Balaban J connectivity index is 1.74. The second-order valence-corrected chi connectivity index (χ2v) is 8.14. The molecule has 1 atom stereocenters. The van der Waals surface area contributed by atoms with Gasteiger partial charge in [0, 0.05) is 36.0 Å². The third-order valence-electron chi connectivity index (χ3n) is 5.71. The lowest BCUT2D eigenvalue weighted by molar-refractivity contribution is 0.0730. The van der Waals surface area contributed by atoms with Crippen molar-refractivity contribution in [3.05, 3.63) is 64.5 Å². The van der Waals surface area contributed by atoms with E-state index in [2.05, 4.69) is 33.1 Å². The molecule has 4 heterocycles. The van der Waals surface area contributed by atoms with Gasteiger partial charge in [0.2, 0.25) is 0 Å². The number of carbonyl (C=O) groups is 1. The number of nitrogens with zero attached hydrogens (tertiary/aromatic N) is 6. The maximum atomic E-state index is 13.5. The zero-order valence-electron chi connectivity index (χ0n) is 18.4. The van der Waals surface area contributed by atoms with Crippen LogP contribution in [0.25, 0.3) is 5.78 Å². The van der Waals surface area contributed by atoms with E-state index in [9.17, 15) is 13.6 Å². The predicted octanol–water partition coefficient (Wildman–Crippen LogP) is 4.43. The van der Waals surface area contributed by atoms with Gasteiger partial charge in [-0.25, -0.2) is 18.3 Å². The smallest absolute Gasteiger partial charge is 0.280 e. The summed E-state index contributed by atoms with van der Waals surface area (Å²) in [6, 6.07) is 4.96. The quantitative estimate of drug-likeness (QED) is 0.549. The number of hydrogen-bond acceptors (Lipinski definition) is 5. The standard InChI is InChI=1S/C23H26F2N6O/c1-4-5-6-16-7-8-30(22(32)17-9-14(2)28-15(3)10-17)12-18(16)20-11-19(21(24)25)29-23-26-13-27-31(20)23/h6,9-11,13,18,21H,4-5,7-8,12H2,1-3H3/b16-6-/t18-/m1/s1. The Bertz CT molecular complexity index is 1150. The van der Waals surface area contributed by atoms with Gasteiger partial charge in [-0.3, -0.25) is 9.78 Å². The first-order valence-electron chi connectivity index (χ1n) is 10.8. The van der Waals surface area contributed by atoms with Crippen LogP contribution in [0.15, 0.2) is 36.2 Å². The highest BCUT2D eigenvalue weighted by atomic mass is 19.3. The molecule has 32 heavy (non-hydrogen) atoms. The van der Waals surface area contributed by atoms with Gasteiger partial charge >= 0.3 is 0 Å². The molecule has 7 nitrogen and oxygen atoms in total. The topological polar surface area (TPSA) is 76.3 Å². The number of halogens is 2. The predicted molar refractivity (Wildman–Crippen MR) is 116 cm³/mol. The minimum atomic E-state index is -2.72. The first-order chi connectivity index (χ1) is 15.4. The van der Waals surface area contributed by atoms with E-state index in [0.29, 0.717) is 30.8 Å². The first kappa shape index (κ1) is 22.0. The third kappa shape index (κ3) is 4.37.